The van der Waals surface area contributed by atoms with E-state index < -0.39 is 0 Å². The van der Waals surface area contributed by atoms with Gasteiger partial charge in [-0.15, -0.1) is 0 Å². The molecule has 0 bridgehead atoms. The van der Waals surface area contributed by atoms with Gasteiger partial charge >= 0.3 is 0 Å². The number of halogens is 1. The van der Waals surface area contributed by atoms with Crippen molar-refractivity contribution in [3.8, 4) is 11.5 Å². The van der Waals surface area contributed by atoms with Crippen molar-refractivity contribution >= 4 is 11.6 Å². The first-order valence-corrected chi connectivity index (χ1v) is 8.88. The molecule has 0 saturated carbocycles. The SMILES string of the molecule is COc1cc(Cl)c(CN2CCN(C)C[C@@H]2c2ccccc2)cc1OC. The normalized spacial score (nSPS) is 19.0. The van der Waals surface area contributed by atoms with Crippen molar-refractivity contribution in [1.82, 2.24) is 9.80 Å². The Bertz CT molecular complexity index is 708. The number of hydrogen-bond donors (Lipinski definition) is 0. The molecule has 0 amide bonds. The van der Waals surface area contributed by atoms with Gasteiger partial charge in [-0.25, -0.2) is 0 Å². The average molecular weight is 361 g/mol. The molecule has 1 fully saturated rings. The van der Waals surface area contributed by atoms with Gasteiger partial charge in [-0.3, -0.25) is 4.90 Å². The average Bonchev–Trinajstić information content (AvgIpc) is 2.65. The van der Waals surface area contributed by atoms with Gasteiger partial charge in [-0.2, -0.15) is 0 Å². The number of hydrogen-bond acceptors (Lipinski definition) is 4. The second-order valence-electron chi connectivity index (χ2n) is 6.46. The van der Waals surface area contributed by atoms with Crippen molar-refractivity contribution in [2.24, 2.45) is 0 Å². The molecule has 134 valence electrons. The molecular weight excluding hydrogens is 336 g/mol. The minimum atomic E-state index is 0.351. The topological polar surface area (TPSA) is 24.9 Å². The summed E-state index contributed by atoms with van der Waals surface area (Å²) in [4.78, 5) is 4.87. The maximum Gasteiger partial charge on any atom is 0.162 e. The van der Waals surface area contributed by atoms with Crippen LogP contribution in [0, 0.1) is 0 Å². The smallest absolute Gasteiger partial charge is 0.162 e. The molecule has 0 radical (unpaired) electrons. The molecule has 3 rings (SSSR count). The van der Waals surface area contributed by atoms with Crippen molar-refractivity contribution in [1.29, 1.82) is 0 Å². The molecule has 0 aliphatic carbocycles. The van der Waals surface area contributed by atoms with Crippen LogP contribution < -0.4 is 9.47 Å². The molecule has 0 unspecified atom stereocenters. The van der Waals surface area contributed by atoms with Crippen LogP contribution >= 0.6 is 11.6 Å². The van der Waals surface area contributed by atoms with Gasteiger partial charge in [0, 0.05) is 43.3 Å². The number of nitrogens with zero attached hydrogens (tertiary/aromatic N) is 2. The van der Waals surface area contributed by atoms with Crippen molar-refractivity contribution in [3.63, 3.8) is 0 Å². The van der Waals surface area contributed by atoms with Crippen molar-refractivity contribution in [3.05, 3.63) is 58.6 Å². The molecule has 1 saturated heterocycles. The molecule has 1 atom stereocenters. The first-order chi connectivity index (χ1) is 12.1. The monoisotopic (exact) mass is 360 g/mol. The summed E-state index contributed by atoms with van der Waals surface area (Å²) in [5, 5.41) is 0.711. The third-order valence-electron chi connectivity index (χ3n) is 4.80. The second-order valence-corrected chi connectivity index (χ2v) is 6.87. The van der Waals surface area contributed by atoms with Crippen LogP contribution in [0.3, 0.4) is 0 Å². The Morgan fingerprint density at radius 2 is 1.72 bits per heavy atom. The first-order valence-electron chi connectivity index (χ1n) is 8.50. The Kier molecular flexibility index (Phi) is 5.84. The van der Waals surface area contributed by atoms with Crippen LogP contribution in [-0.4, -0.2) is 50.7 Å². The van der Waals surface area contributed by atoms with E-state index in [-0.39, 0.29) is 0 Å². The summed E-state index contributed by atoms with van der Waals surface area (Å²) in [5.74, 6) is 1.38. The summed E-state index contributed by atoms with van der Waals surface area (Å²) in [6.07, 6.45) is 0. The fourth-order valence-electron chi connectivity index (χ4n) is 3.37. The third-order valence-corrected chi connectivity index (χ3v) is 5.16. The number of methoxy groups -OCH3 is 2. The fraction of sp³-hybridized carbons (Fsp3) is 0.400. The molecule has 0 spiro atoms. The minimum absolute atomic E-state index is 0.351. The van der Waals surface area contributed by atoms with E-state index in [0.29, 0.717) is 22.6 Å². The molecule has 1 aliphatic rings. The number of piperazine rings is 1. The molecule has 5 heteroatoms. The summed E-state index contributed by atoms with van der Waals surface area (Å²) in [6, 6.07) is 14.8. The van der Waals surface area contributed by atoms with Gasteiger partial charge in [-0.05, 0) is 24.2 Å². The minimum Gasteiger partial charge on any atom is -0.493 e. The van der Waals surface area contributed by atoms with Gasteiger partial charge in [0.05, 0.1) is 14.2 Å². The van der Waals surface area contributed by atoms with Crippen LogP contribution in [-0.2, 0) is 6.54 Å². The number of ether oxygens (including phenoxy) is 2. The van der Waals surface area contributed by atoms with E-state index in [1.54, 1.807) is 14.2 Å². The zero-order chi connectivity index (χ0) is 17.8. The highest BCUT2D eigenvalue weighted by Crippen LogP contribution is 2.35. The molecule has 0 N–H and O–H groups in total. The summed E-state index contributed by atoms with van der Waals surface area (Å²) >= 11 is 6.51. The van der Waals surface area contributed by atoms with Crippen LogP contribution in [0.1, 0.15) is 17.2 Å². The third kappa shape index (κ3) is 4.09. The summed E-state index contributed by atoms with van der Waals surface area (Å²) in [7, 11) is 5.45. The number of rotatable bonds is 5. The quantitative estimate of drug-likeness (QED) is 0.808. The molecule has 1 aliphatic heterocycles. The molecule has 2 aromatic rings. The maximum absolute atomic E-state index is 6.51. The Labute approximate surface area is 154 Å². The zero-order valence-corrected chi connectivity index (χ0v) is 15.8. The van der Waals surface area contributed by atoms with Gasteiger partial charge in [0.2, 0.25) is 0 Å². The Morgan fingerprint density at radius 1 is 1.04 bits per heavy atom. The van der Waals surface area contributed by atoms with Crippen molar-refractivity contribution < 1.29 is 9.47 Å². The summed E-state index contributed by atoms with van der Waals surface area (Å²) < 4.78 is 10.8. The van der Waals surface area contributed by atoms with Crippen LogP contribution in [0.15, 0.2) is 42.5 Å². The van der Waals surface area contributed by atoms with Gasteiger partial charge in [0.25, 0.3) is 0 Å². The Balaban J connectivity index is 1.87. The van der Waals surface area contributed by atoms with E-state index in [1.165, 1.54) is 5.56 Å². The lowest BCUT2D eigenvalue weighted by Gasteiger charge is -2.40. The molecule has 2 aromatic carbocycles. The molecule has 25 heavy (non-hydrogen) atoms. The highest BCUT2D eigenvalue weighted by Gasteiger charge is 2.27. The summed E-state index contributed by atoms with van der Waals surface area (Å²) in [5.41, 5.74) is 2.40. The maximum atomic E-state index is 6.51. The molecular formula is C20H25ClN2O2. The highest BCUT2D eigenvalue weighted by molar-refractivity contribution is 6.31. The van der Waals surface area contributed by atoms with Gasteiger partial charge in [0.1, 0.15) is 0 Å². The second kappa shape index (κ2) is 8.09. The lowest BCUT2D eigenvalue weighted by Crippen LogP contribution is -2.46. The van der Waals surface area contributed by atoms with Crippen LogP contribution in [0.5, 0.6) is 11.5 Å². The van der Waals surface area contributed by atoms with Crippen molar-refractivity contribution in [2.45, 2.75) is 12.6 Å². The lowest BCUT2D eigenvalue weighted by atomic mass is 10.0. The van der Waals surface area contributed by atoms with Crippen LogP contribution in [0.25, 0.3) is 0 Å². The van der Waals surface area contributed by atoms with E-state index in [2.05, 4.69) is 47.2 Å². The predicted octanol–water partition coefficient (Wildman–Crippen LogP) is 3.85. The largest absolute Gasteiger partial charge is 0.493 e. The Hall–Kier alpha value is -1.75. The van der Waals surface area contributed by atoms with Crippen LogP contribution in [0.4, 0.5) is 0 Å². The fourth-order valence-corrected chi connectivity index (χ4v) is 3.59. The van der Waals surface area contributed by atoms with E-state index >= 15 is 0 Å². The van der Waals surface area contributed by atoms with Gasteiger partial charge < -0.3 is 14.4 Å². The van der Waals surface area contributed by atoms with E-state index in [1.807, 2.05) is 12.1 Å². The van der Waals surface area contributed by atoms with Crippen LogP contribution in [0.2, 0.25) is 5.02 Å². The van der Waals surface area contributed by atoms with E-state index in [0.717, 1.165) is 31.7 Å². The lowest BCUT2D eigenvalue weighted by molar-refractivity contribution is 0.0833. The Morgan fingerprint density at radius 3 is 2.40 bits per heavy atom. The van der Waals surface area contributed by atoms with Crippen molar-refractivity contribution in [2.75, 3.05) is 40.9 Å². The first kappa shape index (κ1) is 18.1. The number of likely N-dealkylation sites (N-methyl/N-ethyl adjacent to an activating group) is 1. The highest BCUT2D eigenvalue weighted by atomic mass is 35.5. The standard InChI is InChI=1S/C20H25ClN2O2/c1-22-9-10-23(18(14-22)15-7-5-4-6-8-15)13-16-11-19(24-2)20(25-3)12-17(16)21/h4-8,11-12,18H,9-10,13-14H2,1-3H3/t18-/m1/s1. The van der Waals surface area contributed by atoms with Gasteiger partial charge in [-0.1, -0.05) is 41.9 Å². The van der Waals surface area contributed by atoms with E-state index in [9.17, 15) is 0 Å². The molecule has 0 aromatic heterocycles. The van der Waals surface area contributed by atoms with Gasteiger partial charge in [0.15, 0.2) is 11.5 Å². The molecule has 1 heterocycles. The zero-order valence-electron chi connectivity index (χ0n) is 15.0. The van der Waals surface area contributed by atoms with E-state index in [4.69, 9.17) is 21.1 Å². The predicted molar refractivity (Wildman–Crippen MR) is 102 cm³/mol. The number of benzene rings is 2. The summed E-state index contributed by atoms with van der Waals surface area (Å²) in [6.45, 7) is 3.84. The molecule has 4 nitrogen and oxygen atoms in total.